The Morgan fingerprint density at radius 2 is 2.25 bits per heavy atom. The molecule has 1 heterocycles. The summed E-state index contributed by atoms with van der Waals surface area (Å²) in [6.45, 7) is 4.73. The normalized spacial score (nSPS) is 10.5. The van der Waals surface area contributed by atoms with E-state index < -0.39 is 0 Å². The fourth-order valence-electron chi connectivity index (χ4n) is 1.41. The van der Waals surface area contributed by atoms with Gasteiger partial charge in [-0.25, -0.2) is 4.68 Å². The summed E-state index contributed by atoms with van der Waals surface area (Å²) in [4.78, 5) is 0. The molecule has 0 aliphatic carbocycles. The second-order valence-corrected chi connectivity index (χ2v) is 5.61. The van der Waals surface area contributed by atoms with Gasteiger partial charge in [0.05, 0.1) is 18.2 Å². The molecular weight excluding hydrogens is 319 g/mol. The molecule has 0 atom stereocenters. The van der Waals surface area contributed by atoms with E-state index in [4.69, 9.17) is 27.9 Å². The van der Waals surface area contributed by atoms with E-state index >= 15 is 0 Å². The van der Waals surface area contributed by atoms with Crippen LogP contribution in [-0.4, -0.2) is 32.6 Å². The van der Waals surface area contributed by atoms with Gasteiger partial charge in [0.25, 0.3) is 0 Å². The average Bonchev–Trinajstić information content (AvgIpc) is 2.85. The van der Waals surface area contributed by atoms with Crippen molar-refractivity contribution in [3.8, 4) is 5.75 Å². The van der Waals surface area contributed by atoms with Crippen molar-refractivity contribution in [1.29, 1.82) is 0 Å². The molecule has 8 heteroatoms. The predicted octanol–water partition coefficient (Wildman–Crippen LogP) is 3.34. The quantitative estimate of drug-likeness (QED) is 0.442. The van der Waals surface area contributed by atoms with Crippen LogP contribution in [0.15, 0.2) is 36.0 Å². The van der Waals surface area contributed by atoms with Crippen LogP contribution >= 0.6 is 35.0 Å². The maximum absolute atomic E-state index is 6.01. The van der Waals surface area contributed by atoms with Gasteiger partial charge < -0.3 is 4.74 Å². The van der Waals surface area contributed by atoms with Gasteiger partial charge in [-0.3, -0.25) is 0 Å². The van der Waals surface area contributed by atoms with Crippen LogP contribution in [-0.2, 0) is 6.54 Å². The van der Waals surface area contributed by atoms with E-state index in [9.17, 15) is 0 Å². The van der Waals surface area contributed by atoms with Gasteiger partial charge in [0.1, 0.15) is 5.75 Å². The Labute approximate surface area is 130 Å². The predicted molar refractivity (Wildman–Crippen MR) is 80.7 cm³/mol. The third-order valence-corrected chi connectivity index (χ3v) is 3.72. The molecule has 2 aromatic rings. The first-order valence-corrected chi connectivity index (χ1v) is 7.52. The fourth-order valence-corrected chi connectivity index (χ4v) is 2.58. The van der Waals surface area contributed by atoms with Crippen molar-refractivity contribution in [2.75, 3.05) is 12.4 Å². The van der Waals surface area contributed by atoms with Crippen molar-refractivity contribution < 1.29 is 4.74 Å². The van der Waals surface area contributed by atoms with E-state index in [2.05, 4.69) is 22.1 Å². The van der Waals surface area contributed by atoms with E-state index in [1.54, 1.807) is 29.0 Å². The Morgan fingerprint density at radius 3 is 3.00 bits per heavy atom. The summed E-state index contributed by atoms with van der Waals surface area (Å²) in [5.74, 6) is 1.32. The molecule has 0 radical (unpaired) electrons. The van der Waals surface area contributed by atoms with E-state index in [-0.39, 0.29) is 0 Å². The highest BCUT2D eigenvalue weighted by molar-refractivity contribution is 7.99. The van der Waals surface area contributed by atoms with Crippen molar-refractivity contribution >= 4 is 35.0 Å². The zero-order valence-corrected chi connectivity index (χ0v) is 12.8. The standard InChI is InChI=1S/C12H12Cl2N4OS/c1-2-5-18-12(15-16-17-18)20-7-6-19-11-4-3-9(13)8-10(11)14/h2-4,8H,1,5-7H2. The molecule has 0 aliphatic rings. The highest BCUT2D eigenvalue weighted by Gasteiger charge is 2.06. The number of aromatic nitrogens is 4. The summed E-state index contributed by atoms with van der Waals surface area (Å²) in [5, 5.41) is 13.2. The van der Waals surface area contributed by atoms with Gasteiger partial charge in [0, 0.05) is 10.8 Å². The van der Waals surface area contributed by atoms with Crippen molar-refractivity contribution in [2.45, 2.75) is 11.7 Å². The molecule has 20 heavy (non-hydrogen) atoms. The van der Waals surface area contributed by atoms with E-state index in [0.29, 0.717) is 34.7 Å². The molecule has 0 N–H and O–H groups in total. The Balaban J connectivity index is 1.81. The largest absolute Gasteiger partial charge is 0.491 e. The second kappa shape index (κ2) is 7.52. The number of hydrogen-bond acceptors (Lipinski definition) is 5. The summed E-state index contributed by atoms with van der Waals surface area (Å²) in [7, 11) is 0. The zero-order valence-electron chi connectivity index (χ0n) is 10.5. The van der Waals surface area contributed by atoms with Gasteiger partial charge in [0.15, 0.2) is 0 Å². The summed E-state index contributed by atoms with van der Waals surface area (Å²) >= 11 is 13.3. The van der Waals surface area contributed by atoms with Crippen LogP contribution < -0.4 is 4.74 Å². The Bertz CT molecular complexity index is 591. The van der Waals surface area contributed by atoms with Crippen molar-refractivity contribution in [1.82, 2.24) is 20.2 Å². The molecule has 106 valence electrons. The van der Waals surface area contributed by atoms with Gasteiger partial charge in [-0.05, 0) is 28.6 Å². The third-order valence-electron chi connectivity index (χ3n) is 2.27. The minimum absolute atomic E-state index is 0.493. The molecule has 1 aromatic heterocycles. The average molecular weight is 331 g/mol. The van der Waals surface area contributed by atoms with Crippen LogP contribution in [0.2, 0.25) is 10.0 Å². The first-order chi connectivity index (χ1) is 9.70. The molecule has 0 unspecified atom stereocenters. The summed E-state index contributed by atoms with van der Waals surface area (Å²) < 4.78 is 7.25. The molecule has 0 fully saturated rings. The molecule has 0 amide bonds. The number of benzene rings is 1. The maximum atomic E-state index is 6.01. The van der Waals surface area contributed by atoms with Gasteiger partial charge in [-0.1, -0.05) is 41.0 Å². The Hall–Kier alpha value is -1.24. The van der Waals surface area contributed by atoms with Crippen molar-refractivity contribution in [2.24, 2.45) is 0 Å². The Kier molecular flexibility index (Phi) is 5.70. The summed E-state index contributed by atoms with van der Waals surface area (Å²) in [6, 6.07) is 5.13. The maximum Gasteiger partial charge on any atom is 0.209 e. The van der Waals surface area contributed by atoms with Crippen LogP contribution in [0.25, 0.3) is 0 Å². The third kappa shape index (κ3) is 4.13. The molecule has 2 rings (SSSR count). The number of allylic oxidation sites excluding steroid dienone is 1. The lowest BCUT2D eigenvalue weighted by Crippen LogP contribution is -2.04. The number of hydrogen-bond donors (Lipinski definition) is 0. The van der Waals surface area contributed by atoms with Crippen molar-refractivity contribution in [3.63, 3.8) is 0 Å². The van der Waals surface area contributed by atoms with E-state index in [1.807, 2.05) is 0 Å². The van der Waals surface area contributed by atoms with Gasteiger partial charge in [0.2, 0.25) is 5.16 Å². The summed E-state index contributed by atoms with van der Waals surface area (Å²) in [5.41, 5.74) is 0. The molecule has 0 spiro atoms. The lowest BCUT2D eigenvalue weighted by Gasteiger charge is -2.07. The van der Waals surface area contributed by atoms with Crippen LogP contribution in [0, 0.1) is 0 Å². The molecule has 0 saturated heterocycles. The highest BCUT2D eigenvalue weighted by atomic mass is 35.5. The van der Waals surface area contributed by atoms with Crippen LogP contribution in [0.1, 0.15) is 0 Å². The number of tetrazole rings is 1. The zero-order chi connectivity index (χ0) is 14.4. The molecule has 1 aromatic carbocycles. The lowest BCUT2D eigenvalue weighted by molar-refractivity contribution is 0.344. The molecule has 5 nitrogen and oxygen atoms in total. The Morgan fingerprint density at radius 1 is 1.40 bits per heavy atom. The van der Waals surface area contributed by atoms with Crippen LogP contribution in [0.4, 0.5) is 0 Å². The topological polar surface area (TPSA) is 52.8 Å². The fraction of sp³-hybridized carbons (Fsp3) is 0.250. The number of nitrogens with zero attached hydrogens (tertiary/aromatic N) is 4. The molecule has 0 bridgehead atoms. The number of rotatable bonds is 7. The number of thioether (sulfide) groups is 1. The smallest absolute Gasteiger partial charge is 0.209 e. The molecular formula is C12H12Cl2N4OS. The number of halogens is 2. The van der Waals surface area contributed by atoms with Gasteiger partial charge in [-0.15, -0.1) is 11.7 Å². The highest BCUT2D eigenvalue weighted by Crippen LogP contribution is 2.27. The van der Waals surface area contributed by atoms with E-state index in [0.717, 1.165) is 5.16 Å². The van der Waals surface area contributed by atoms with Gasteiger partial charge in [-0.2, -0.15) is 0 Å². The minimum Gasteiger partial charge on any atom is -0.491 e. The molecule has 0 saturated carbocycles. The monoisotopic (exact) mass is 330 g/mol. The lowest BCUT2D eigenvalue weighted by atomic mass is 10.3. The first kappa shape index (κ1) is 15.2. The van der Waals surface area contributed by atoms with Crippen LogP contribution in [0.3, 0.4) is 0 Å². The van der Waals surface area contributed by atoms with Gasteiger partial charge >= 0.3 is 0 Å². The minimum atomic E-state index is 0.493. The second-order valence-electron chi connectivity index (χ2n) is 3.70. The molecule has 0 aliphatic heterocycles. The first-order valence-electron chi connectivity index (χ1n) is 5.78. The van der Waals surface area contributed by atoms with E-state index in [1.165, 1.54) is 11.8 Å². The number of ether oxygens (including phenoxy) is 1. The van der Waals surface area contributed by atoms with Crippen LogP contribution in [0.5, 0.6) is 5.75 Å². The summed E-state index contributed by atoms with van der Waals surface area (Å²) in [6.07, 6.45) is 1.74. The van der Waals surface area contributed by atoms with Crippen molar-refractivity contribution in [3.05, 3.63) is 40.9 Å². The SMILES string of the molecule is C=CCn1nnnc1SCCOc1ccc(Cl)cc1Cl.